The summed E-state index contributed by atoms with van der Waals surface area (Å²) in [7, 11) is -3.63. The number of benzene rings is 1. The first-order chi connectivity index (χ1) is 18.5. The van der Waals surface area contributed by atoms with E-state index >= 15 is 0 Å². The number of hydrogen-bond donors (Lipinski definition) is 2. The Balaban J connectivity index is 1.55. The maximum atomic E-state index is 14.0. The van der Waals surface area contributed by atoms with Crippen molar-refractivity contribution in [3.8, 4) is 0 Å². The normalized spacial score (nSPS) is 22.3. The van der Waals surface area contributed by atoms with Crippen molar-refractivity contribution in [3.63, 3.8) is 0 Å². The van der Waals surface area contributed by atoms with Gasteiger partial charge >= 0.3 is 0 Å². The fraction of sp³-hybridized carbons (Fsp3) is 0.480. The van der Waals surface area contributed by atoms with Gasteiger partial charge in [-0.05, 0) is 37.0 Å². The third-order valence-electron chi connectivity index (χ3n) is 7.17. The third-order valence-corrected chi connectivity index (χ3v) is 8.19. The molecule has 4 heterocycles. The molecule has 3 unspecified atom stereocenters. The number of likely N-dealkylation sites (tertiary alicyclic amines) is 1. The molecular weight excluding hydrogens is 568 g/mol. The van der Waals surface area contributed by atoms with E-state index in [1.807, 2.05) is 11.0 Å². The summed E-state index contributed by atoms with van der Waals surface area (Å²) < 4.78 is 41.5. The van der Waals surface area contributed by atoms with Gasteiger partial charge in [-0.15, -0.1) is 0 Å². The van der Waals surface area contributed by atoms with Gasteiger partial charge in [0.15, 0.2) is 5.65 Å². The van der Waals surface area contributed by atoms with Crippen LogP contribution < -0.4 is 14.9 Å². The van der Waals surface area contributed by atoms with Crippen molar-refractivity contribution < 1.29 is 17.6 Å². The molecule has 2 aliphatic heterocycles. The van der Waals surface area contributed by atoms with Crippen LogP contribution in [0.2, 0.25) is 10.2 Å². The van der Waals surface area contributed by atoms with Crippen LogP contribution in [0.5, 0.6) is 0 Å². The van der Waals surface area contributed by atoms with E-state index in [4.69, 9.17) is 28.3 Å². The molecule has 0 bridgehead atoms. The summed E-state index contributed by atoms with van der Waals surface area (Å²) in [6.45, 7) is 3.76. The number of aromatic nitrogens is 3. The lowest BCUT2D eigenvalue weighted by atomic mass is 9.88. The summed E-state index contributed by atoms with van der Waals surface area (Å²) in [5.41, 5.74) is 1.49. The SMILES string of the molecule is CC1CCCN(C(=O)c2cc(Cl)ccc2NS(C)(=O)=O)C1c1cc2nc(Cl)cc(N3CCNC(CF)C3)n2n1. The summed E-state index contributed by atoms with van der Waals surface area (Å²) in [5.74, 6) is 0.413. The van der Waals surface area contributed by atoms with Crippen LogP contribution >= 0.6 is 23.2 Å². The van der Waals surface area contributed by atoms with Crippen LogP contribution in [0.4, 0.5) is 15.9 Å². The summed E-state index contributed by atoms with van der Waals surface area (Å²) in [4.78, 5) is 22.2. The molecular formula is C25H30Cl2FN7O3S. The van der Waals surface area contributed by atoms with E-state index in [2.05, 4.69) is 21.9 Å². The number of nitrogens with zero attached hydrogens (tertiary/aromatic N) is 5. The molecule has 0 spiro atoms. The standard InChI is InChI=1S/C25H30Cl2FN7O3S/c1-15-4-3-8-34(25(36)18-10-16(26)5-6-19(18)32-39(2,37)38)24(15)20-11-22-30-21(27)12-23(35(22)31-20)33-9-7-29-17(13-28)14-33/h5-6,10-12,15,17,24,29,32H,3-4,7-9,13-14H2,1-2H3. The maximum Gasteiger partial charge on any atom is 0.256 e. The summed E-state index contributed by atoms with van der Waals surface area (Å²) >= 11 is 12.6. The average molecular weight is 599 g/mol. The number of carbonyl (C=O) groups is 1. The van der Waals surface area contributed by atoms with Gasteiger partial charge in [0.1, 0.15) is 17.6 Å². The Morgan fingerprint density at radius 3 is 2.77 bits per heavy atom. The summed E-state index contributed by atoms with van der Waals surface area (Å²) in [6, 6.07) is 7.34. The zero-order valence-electron chi connectivity index (χ0n) is 21.6. The van der Waals surface area contributed by atoms with Crippen LogP contribution in [0.3, 0.4) is 0 Å². The number of piperidine rings is 1. The predicted molar refractivity (Wildman–Crippen MR) is 150 cm³/mol. The van der Waals surface area contributed by atoms with Gasteiger partial charge in [-0.25, -0.2) is 17.8 Å². The predicted octanol–water partition coefficient (Wildman–Crippen LogP) is 3.77. The molecule has 3 aromatic rings. The van der Waals surface area contributed by atoms with Gasteiger partial charge in [0.2, 0.25) is 10.0 Å². The highest BCUT2D eigenvalue weighted by Crippen LogP contribution is 2.38. The Morgan fingerprint density at radius 2 is 2.03 bits per heavy atom. The number of amides is 1. The second-order valence-corrected chi connectivity index (χ2v) is 12.7. The number of halogens is 3. The zero-order chi connectivity index (χ0) is 27.9. The smallest absolute Gasteiger partial charge is 0.256 e. The van der Waals surface area contributed by atoms with E-state index in [1.54, 1.807) is 15.5 Å². The lowest BCUT2D eigenvalue weighted by Gasteiger charge is -2.39. The van der Waals surface area contributed by atoms with E-state index < -0.39 is 22.7 Å². The Morgan fingerprint density at radius 1 is 1.23 bits per heavy atom. The average Bonchev–Trinajstić information content (AvgIpc) is 3.31. The quantitative estimate of drug-likeness (QED) is 0.416. The minimum absolute atomic E-state index is 0.0622. The van der Waals surface area contributed by atoms with E-state index in [0.29, 0.717) is 53.5 Å². The van der Waals surface area contributed by atoms with Crippen molar-refractivity contribution in [2.75, 3.05) is 48.7 Å². The fourth-order valence-corrected chi connectivity index (χ4v) is 6.39. The highest BCUT2D eigenvalue weighted by atomic mass is 35.5. The highest BCUT2D eigenvalue weighted by Gasteiger charge is 2.37. The molecule has 1 amide bonds. The van der Waals surface area contributed by atoms with Crippen molar-refractivity contribution in [1.82, 2.24) is 24.8 Å². The minimum Gasteiger partial charge on any atom is -0.353 e. The van der Waals surface area contributed by atoms with Gasteiger partial charge in [-0.2, -0.15) is 9.61 Å². The lowest BCUT2D eigenvalue weighted by molar-refractivity contribution is 0.0506. The number of anilines is 2. The van der Waals surface area contributed by atoms with E-state index in [9.17, 15) is 17.6 Å². The van der Waals surface area contributed by atoms with Gasteiger partial charge in [0.25, 0.3) is 5.91 Å². The molecule has 2 aliphatic rings. The van der Waals surface area contributed by atoms with E-state index in [-0.39, 0.29) is 29.1 Å². The first-order valence-corrected chi connectivity index (χ1v) is 15.4. The zero-order valence-corrected chi connectivity index (χ0v) is 23.9. The van der Waals surface area contributed by atoms with Crippen LogP contribution in [0.25, 0.3) is 5.65 Å². The number of piperazine rings is 1. The second-order valence-electron chi connectivity index (χ2n) is 10.2. The number of fused-ring (bicyclic) bond motifs is 1. The van der Waals surface area contributed by atoms with Crippen molar-refractivity contribution in [2.45, 2.75) is 31.8 Å². The topological polar surface area (TPSA) is 112 Å². The van der Waals surface area contributed by atoms with Gasteiger partial charge in [-0.3, -0.25) is 9.52 Å². The molecule has 10 nitrogen and oxygen atoms in total. The van der Waals surface area contributed by atoms with Crippen molar-refractivity contribution >= 4 is 56.3 Å². The molecule has 0 aliphatic carbocycles. The molecule has 2 saturated heterocycles. The molecule has 0 saturated carbocycles. The number of carbonyl (C=O) groups excluding carboxylic acids is 1. The molecule has 2 N–H and O–H groups in total. The maximum absolute atomic E-state index is 14.0. The first-order valence-electron chi connectivity index (χ1n) is 12.7. The van der Waals surface area contributed by atoms with Crippen molar-refractivity contribution in [3.05, 3.63) is 51.8 Å². The number of hydrogen-bond acceptors (Lipinski definition) is 7. The van der Waals surface area contributed by atoms with Crippen LogP contribution in [0.1, 0.15) is 41.9 Å². The summed E-state index contributed by atoms with van der Waals surface area (Å²) in [6.07, 6.45) is 2.69. The molecule has 2 aromatic heterocycles. The molecule has 39 heavy (non-hydrogen) atoms. The lowest BCUT2D eigenvalue weighted by Crippen LogP contribution is -2.52. The van der Waals surface area contributed by atoms with E-state index in [1.165, 1.54) is 18.2 Å². The number of rotatable bonds is 6. The van der Waals surface area contributed by atoms with Gasteiger partial charge in [0.05, 0.1) is 35.3 Å². The Kier molecular flexibility index (Phi) is 7.91. The van der Waals surface area contributed by atoms with Crippen LogP contribution in [0, 0.1) is 5.92 Å². The Labute approximate surface area is 236 Å². The number of sulfonamides is 1. The van der Waals surface area contributed by atoms with Gasteiger partial charge < -0.3 is 15.1 Å². The second kappa shape index (κ2) is 11.1. The molecule has 210 valence electrons. The Hall–Kier alpha value is -2.67. The van der Waals surface area contributed by atoms with E-state index in [0.717, 1.165) is 19.1 Å². The highest BCUT2D eigenvalue weighted by molar-refractivity contribution is 7.92. The molecule has 14 heteroatoms. The molecule has 3 atom stereocenters. The van der Waals surface area contributed by atoms with Gasteiger partial charge in [-0.1, -0.05) is 30.1 Å². The van der Waals surface area contributed by atoms with Crippen molar-refractivity contribution in [2.24, 2.45) is 5.92 Å². The van der Waals surface area contributed by atoms with Crippen LogP contribution in [-0.2, 0) is 10.0 Å². The monoisotopic (exact) mass is 597 g/mol. The fourth-order valence-electron chi connectivity index (χ4n) is 5.46. The summed E-state index contributed by atoms with van der Waals surface area (Å²) in [5, 5.41) is 8.66. The van der Waals surface area contributed by atoms with Crippen molar-refractivity contribution in [1.29, 1.82) is 0 Å². The van der Waals surface area contributed by atoms with Crippen LogP contribution in [-0.4, -0.2) is 79.0 Å². The van der Waals surface area contributed by atoms with Crippen LogP contribution in [0.15, 0.2) is 30.3 Å². The number of nitrogens with one attached hydrogen (secondary N) is 2. The minimum atomic E-state index is -3.63. The Bertz CT molecular complexity index is 1500. The van der Waals surface area contributed by atoms with Gasteiger partial charge in [0, 0.05) is 43.3 Å². The molecule has 2 fully saturated rings. The molecule has 1 aromatic carbocycles. The first kappa shape index (κ1) is 27.9. The molecule has 5 rings (SSSR count). The number of alkyl halides is 1. The molecule has 0 radical (unpaired) electrons. The third kappa shape index (κ3) is 5.93. The largest absolute Gasteiger partial charge is 0.353 e.